The Labute approximate surface area is 216 Å². The number of nitrogens with one attached hydrogen (secondary N) is 1. The molecule has 0 aliphatic carbocycles. The second-order valence-corrected chi connectivity index (χ2v) is 8.70. The Morgan fingerprint density at radius 1 is 1.00 bits per heavy atom. The molecule has 3 N–H and O–H groups in total. The molecule has 0 bridgehead atoms. The molecular weight excluding hydrogens is 494 g/mol. The van der Waals surface area contributed by atoms with Crippen LogP contribution in [0.15, 0.2) is 83.4 Å². The summed E-state index contributed by atoms with van der Waals surface area (Å²) in [7, 11) is 1.59. The van der Waals surface area contributed by atoms with Crippen LogP contribution in [0.25, 0.3) is 11.3 Å². The molecule has 1 fully saturated rings. The maximum absolute atomic E-state index is 11.6. The van der Waals surface area contributed by atoms with Gasteiger partial charge in [-0.2, -0.15) is 0 Å². The number of aromatic carboxylic acids is 2. The van der Waals surface area contributed by atoms with E-state index in [1.165, 1.54) is 12.1 Å². The molecule has 0 spiro atoms. The third-order valence-electron chi connectivity index (χ3n) is 6.06. The Morgan fingerprint density at radius 2 is 1.76 bits per heavy atom. The van der Waals surface area contributed by atoms with Crippen LogP contribution in [0.2, 0.25) is 0 Å². The van der Waals surface area contributed by atoms with Gasteiger partial charge in [-0.3, -0.25) is 4.98 Å². The predicted octanol–water partition coefficient (Wildman–Crippen LogP) is 4.92. The van der Waals surface area contributed by atoms with Gasteiger partial charge in [-0.15, -0.1) is 0 Å². The monoisotopic (exact) mass is 515 g/mol. The van der Waals surface area contributed by atoms with Gasteiger partial charge in [0.25, 0.3) is 0 Å². The number of hydrogen-bond acceptors (Lipinski definition) is 6. The summed E-state index contributed by atoms with van der Waals surface area (Å²) >= 11 is 5.72. The first-order chi connectivity index (χ1) is 17.9. The number of carboxylic acid groups (broad SMARTS) is 2. The molecule has 1 saturated heterocycles. The van der Waals surface area contributed by atoms with E-state index < -0.39 is 18.0 Å². The van der Waals surface area contributed by atoms with Crippen LogP contribution in [0, 0.1) is 0 Å². The van der Waals surface area contributed by atoms with E-state index in [0.29, 0.717) is 27.9 Å². The van der Waals surface area contributed by atoms with Gasteiger partial charge < -0.3 is 29.6 Å². The van der Waals surface area contributed by atoms with Crippen molar-refractivity contribution in [3.05, 3.63) is 102 Å². The number of rotatable bonds is 7. The minimum Gasteiger partial charge on any atom is -0.497 e. The Hall–Kier alpha value is -4.70. The summed E-state index contributed by atoms with van der Waals surface area (Å²) in [4.78, 5) is 29.6. The molecule has 1 aliphatic heterocycles. The molecule has 0 radical (unpaired) electrons. The molecule has 9 nitrogen and oxygen atoms in total. The Bertz CT molecular complexity index is 1470. The van der Waals surface area contributed by atoms with Gasteiger partial charge in [-0.1, -0.05) is 12.1 Å². The number of furan rings is 1. The van der Waals surface area contributed by atoms with Crippen molar-refractivity contribution in [2.45, 2.75) is 12.1 Å². The van der Waals surface area contributed by atoms with Gasteiger partial charge in [-0.25, -0.2) is 9.59 Å². The minimum absolute atomic E-state index is 0.152. The van der Waals surface area contributed by atoms with E-state index in [1.54, 1.807) is 25.4 Å². The number of hydrogen-bond donors (Lipinski definition) is 3. The van der Waals surface area contributed by atoms with Gasteiger partial charge >= 0.3 is 11.9 Å². The molecular formula is C27H21N3O6S. The zero-order valence-corrected chi connectivity index (χ0v) is 20.3. The van der Waals surface area contributed by atoms with Gasteiger partial charge in [0.2, 0.25) is 0 Å². The molecule has 37 heavy (non-hydrogen) atoms. The summed E-state index contributed by atoms with van der Waals surface area (Å²) < 4.78 is 11.6. The molecule has 3 heterocycles. The number of pyridine rings is 1. The fourth-order valence-electron chi connectivity index (χ4n) is 4.37. The lowest BCUT2D eigenvalue weighted by molar-refractivity contribution is 0.0696. The van der Waals surface area contributed by atoms with Crippen LogP contribution in [-0.4, -0.2) is 39.4 Å². The summed E-state index contributed by atoms with van der Waals surface area (Å²) in [6.07, 6.45) is 1.70. The topological polar surface area (TPSA) is 125 Å². The summed E-state index contributed by atoms with van der Waals surface area (Å²) in [5.74, 6) is -0.962. The number of anilines is 1. The first kappa shape index (κ1) is 24.0. The smallest absolute Gasteiger partial charge is 0.335 e. The Morgan fingerprint density at radius 3 is 2.41 bits per heavy atom. The number of benzene rings is 2. The fourth-order valence-corrected chi connectivity index (χ4v) is 4.71. The molecule has 186 valence electrons. The lowest BCUT2D eigenvalue weighted by Crippen LogP contribution is -2.29. The third-order valence-corrected chi connectivity index (χ3v) is 6.37. The van der Waals surface area contributed by atoms with E-state index >= 15 is 0 Å². The van der Waals surface area contributed by atoms with Crippen LogP contribution in [0.4, 0.5) is 5.69 Å². The Kier molecular flexibility index (Phi) is 6.33. The van der Waals surface area contributed by atoms with Crippen molar-refractivity contribution >= 4 is 35.0 Å². The maximum Gasteiger partial charge on any atom is 0.335 e. The predicted molar refractivity (Wildman–Crippen MR) is 139 cm³/mol. The molecule has 2 aromatic heterocycles. The number of carbonyl (C=O) groups is 2. The van der Waals surface area contributed by atoms with E-state index in [4.69, 9.17) is 21.4 Å². The van der Waals surface area contributed by atoms with Gasteiger partial charge in [0.15, 0.2) is 5.11 Å². The number of nitrogens with zero attached hydrogens (tertiary/aromatic N) is 2. The van der Waals surface area contributed by atoms with E-state index in [2.05, 4.69) is 10.3 Å². The van der Waals surface area contributed by atoms with Crippen LogP contribution in [0.3, 0.4) is 0 Å². The van der Waals surface area contributed by atoms with Crippen molar-refractivity contribution in [3.63, 3.8) is 0 Å². The highest BCUT2D eigenvalue weighted by molar-refractivity contribution is 7.80. The molecule has 4 aromatic rings. The molecule has 2 aromatic carbocycles. The van der Waals surface area contributed by atoms with Gasteiger partial charge in [0, 0.05) is 23.5 Å². The summed E-state index contributed by atoms with van der Waals surface area (Å²) in [5, 5.41) is 22.7. The second kappa shape index (κ2) is 9.75. The van der Waals surface area contributed by atoms with Gasteiger partial charge in [-0.05, 0) is 66.8 Å². The molecule has 1 aliphatic rings. The van der Waals surface area contributed by atoms with Crippen molar-refractivity contribution in [3.8, 4) is 17.1 Å². The highest BCUT2D eigenvalue weighted by Crippen LogP contribution is 2.43. The lowest BCUT2D eigenvalue weighted by Gasteiger charge is -2.26. The van der Waals surface area contributed by atoms with Crippen molar-refractivity contribution in [2.75, 3.05) is 12.0 Å². The molecule has 0 saturated carbocycles. The first-order valence-electron chi connectivity index (χ1n) is 11.2. The molecule has 2 atom stereocenters. The average molecular weight is 516 g/mol. The third kappa shape index (κ3) is 4.62. The van der Waals surface area contributed by atoms with Gasteiger partial charge in [0.05, 0.1) is 30.0 Å². The second-order valence-electron chi connectivity index (χ2n) is 8.31. The highest BCUT2D eigenvalue weighted by Gasteiger charge is 2.42. The van der Waals surface area contributed by atoms with Crippen molar-refractivity contribution < 1.29 is 29.0 Å². The van der Waals surface area contributed by atoms with E-state index in [9.17, 15) is 19.8 Å². The zero-order valence-electron chi connectivity index (χ0n) is 19.5. The number of methoxy groups -OCH3 is 1. The van der Waals surface area contributed by atoms with Crippen molar-refractivity contribution in [1.29, 1.82) is 0 Å². The summed E-state index contributed by atoms with van der Waals surface area (Å²) in [5.41, 5.74) is 1.56. The van der Waals surface area contributed by atoms with Crippen LogP contribution in [0.1, 0.15) is 44.3 Å². The highest BCUT2D eigenvalue weighted by atomic mass is 32.1. The zero-order chi connectivity index (χ0) is 26.1. The SMILES string of the molecule is COc1cccc(N2C(=S)N[C@@H](c3ccccn3)[C@H]2c2ccc(-c3cc(C(=O)O)cc(C(=O)O)c3)o2)c1. The fraction of sp³-hybridized carbons (Fsp3) is 0.111. The number of ether oxygens (including phenoxy) is 1. The quantitative estimate of drug-likeness (QED) is 0.292. The van der Waals surface area contributed by atoms with Crippen molar-refractivity contribution in [1.82, 2.24) is 10.3 Å². The largest absolute Gasteiger partial charge is 0.497 e. The van der Waals surface area contributed by atoms with E-state index in [-0.39, 0.29) is 17.2 Å². The van der Waals surface area contributed by atoms with Crippen LogP contribution in [-0.2, 0) is 0 Å². The number of thiocarbonyl (C=S) groups is 1. The van der Waals surface area contributed by atoms with E-state index in [0.717, 1.165) is 17.4 Å². The maximum atomic E-state index is 11.6. The first-order valence-corrected chi connectivity index (χ1v) is 11.6. The molecule has 10 heteroatoms. The summed E-state index contributed by atoms with van der Waals surface area (Å²) in [6.45, 7) is 0. The van der Waals surface area contributed by atoms with Gasteiger partial charge in [0.1, 0.15) is 23.3 Å². The number of aromatic nitrogens is 1. The van der Waals surface area contributed by atoms with Crippen LogP contribution in [0.5, 0.6) is 5.75 Å². The van der Waals surface area contributed by atoms with E-state index in [1.807, 2.05) is 47.4 Å². The molecule has 0 amide bonds. The van der Waals surface area contributed by atoms with Crippen LogP contribution >= 0.6 is 12.2 Å². The average Bonchev–Trinajstić information content (AvgIpc) is 3.53. The Balaban J connectivity index is 1.62. The number of carboxylic acids is 2. The summed E-state index contributed by atoms with van der Waals surface area (Å²) in [6, 6.07) is 19.6. The standard InChI is InChI=1S/C27H21N3O6S/c1-35-19-6-4-5-18(14-19)30-24(23(29-27(30)37)20-7-2-3-10-28-20)22-9-8-21(36-22)15-11-16(25(31)32)13-17(12-15)26(33)34/h2-14,23-24H,1H3,(H,29,37)(H,31,32)(H,33,34)/t23-,24+/m0/s1. The van der Waals surface area contributed by atoms with Crippen LogP contribution < -0.4 is 15.0 Å². The molecule has 5 rings (SSSR count). The molecule has 0 unspecified atom stereocenters. The minimum atomic E-state index is -1.24. The van der Waals surface area contributed by atoms with Crippen molar-refractivity contribution in [2.24, 2.45) is 0 Å². The normalized spacial score (nSPS) is 16.9. The lowest BCUT2D eigenvalue weighted by atomic mass is 10.0.